The Labute approximate surface area is 158 Å². The summed E-state index contributed by atoms with van der Waals surface area (Å²) in [5.41, 5.74) is 2.82. The third-order valence-electron chi connectivity index (χ3n) is 3.97. The van der Waals surface area contributed by atoms with Crippen LogP contribution in [0.5, 0.6) is 0 Å². The number of aryl methyl sites for hydroxylation is 1. The smallest absolute Gasteiger partial charge is 0.238 e. The monoisotopic (exact) mass is 368 g/mol. The van der Waals surface area contributed by atoms with Crippen LogP contribution in [0.2, 0.25) is 5.02 Å². The van der Waals surface area contributed by atoms with E-state index in [-0.39, 0.29) is 12.5 Å². The second kappa shape index (κ2) is 8.70. The van der Waals surface area contributed by atoms with Crippen LogP contribution in [0.25, 0.3) is 0 Å². The van der Waals surface area contributed by atoms with E-state index in [1.165, 1.54) is 0 Å². The van der Waals surface area contributed by atoms with E-state index < -0.39 is 0 Å². The number of furan rings is 1. The maximum Gasteiger partial charge on any atom is 0.238 e. The third-order valence-corrected chi connectivity index (χ3v) is 4.29. The van der Waals surface area contributed by atoms with Gasteiger partial charge in [0, 0.05) is 6.54 Å². The number of carbonyl (C=O) groups is 1. The molecule has 0 aliphatic heterocycles. The number of amides is 1. The first-order valence-corrected chi connectivity index (χ1v) is 8.82. The first-order chi connectivity index (χ1) is 12.6. The van der Waals surface area contributed by atoms with Crippen LogP contribution in [-0.2, 0) is 17.9 Å². The molecular formula is C21H21ClN2O2. The fourth-order valence-corrected chi connectivity index (χ4v) is 3.03. The van der Waals surface area contributed by atoms with Gasteiger partial charge in [0.25, 0.3) is 0 Å². The van der Waals surface area contributed by atoms with E-state index in [4.69, 9.17) is 16.0 Å². The van der Waals surface area contributed by atoms with Gasteiger partial charge in [0.15, 0.2) is 0 Å². The summed E-state index contributed by atoms with van der Waals surface area (Å²) in [5.74, 6) is 0.709. The first kappa shape index (κ1) is 18.2. The maximum absolute atomic E-state index is 12.5. The molecule has 5 heteroatoms. The molecule has 0 spiro atoms. The van der Waals surface area contributed by atoms with Gasteiger partial charge in [0.2, 0.25) is 5.91 Å². The lowest BCUT2D eigenvalue weighted by atomic mass is 10.2. The molecule has 1 heterocycles. The minimum atomic E-state index is -0.113. The Hall–Kier alpha value is -2.56. The van der Waals surface area contributed by atoms with Gasteiger partial charge in [0.05, 0.1) is 30.1 Å². The molecule has 1 aromatic heterocycles. The molecule has 3 aromatic rings. The maximum atomic E-state index is 12.5. The Kier molecular flexibility index (Phi) is 6.10. The van der Waals surface area contributed by atoms with Gasteiger partial charge in [-0.25, -0.2) is 0 Å². The van der Waals surface area contributed by atoms with Crippen LogP contribution >= 0.6 is 11.6 Å². The minimum Gasteiger partial charge on any atom is -0.468 e. The molecule has 0 radical (unpaired) electrons. The Morgan fingerprint density at radius 2 is 1.88 bits per heavy atom. The predicted octanol–water partition coefficient (Wildman–Crippen LogP) is 4.88. The Morgan fingerprint density at radius 3 is 2.58 bits per heavy atom. The summed E-state index contributed by atoms with van der Waals surface area (Å²) in [5, 5.41) is 3.43. The normalized spacial score (nSPS) is 10.9. The van der Waals surface area contributed by atoms with Gasteiger partial charge >= 0.3 is 0 Å². The van der Waals surface area contributed by atoms with Crippen LogP contribution in [0, 0.1) is 6.92 Å². The number of hydrogen-bond acceptors (Lipinski definition) is 3. The largest absolute Gasteiger partial charge is 0.468 e. The lowest BCUT2D eigenvalue weighted by molar-refractivity contribution is -0.117. The van der Waals surface area contributed by atoms with Gasteiger partial charge in [-0.05, 0) is 42.3 Å². The highest BCUT2D eigenvalue weighted by molar-refractivity contribution is 6.33. The predicted molar refractivity (Wildman–Crippen MR) is 104 cm³/mol. The van der Waals surface area contributed by atoms with Gasteiger partial charge in [0.1, 0.15) is 5.76 Å². The van der Waals surface area contributed by atoms with Crippen LogP contribution in [0.15, 0.2) is 71.3 Å². The van der Waals surface area contributed by atoms with E-state index in [2.05, 4.69) is 5.32 Å². The summed E-state index contributed by atoms with van der Waals surface area (Å²) in [6.07, 6.45) is 1.64. The molecule has 0 saturated heterocycles. The van der Waals surface area contributed by atoms with Crippen LogP contribution in [0.3, 0.4) is 0 Å². The standard InChI is InChI=1S/C21H21ClN2O2/c1-16-9-10-20(19(22)12-16)23-21(25)15-24(14-18-8-5-11-26-18)13-17-6-3-2-4-7-17/h2-12H,13-15H2,1H3,(H,23,25). The van der Waals surface area contributed by atoms with E-state index in [0.29, 0.717) is 23.8 Å². The van der Waals surface area contributed by atoms with E-state index >= 15 is 0 Å². The van der Waals surface area contributed by atoms with E-state index in [0.717, 1.165) is 16.9 Å². The van der Waals surface area contributed by atoms with E-state index in [1.807, 2.05) is 72.5 Å². The Bertz CT molecular complexity index is 848. The highest BCUT2D eigenvalue weighted by atomic mass is 35.5. The molecule has 1 amide bonds. The number of halogens is 1. The van der Waals surface area contributed by atoms with Crippen molar-refractivity contribution < 1.29 is 9.21 Å². The number of hydrogen-bond donors (Lipinski definition) is 1. The van der Waals surface area contributed by atoms with Crippen molar-refractivity contribution in [3.8, 4) is 0 Å². The highest BCUT2D eigenvalue weighted by Gasteiger charge is 2.14. The first-order valence-electron chi connectivity index (χ1n) is 8.45. The van der Waals surface area contributed by atoms with Crippen molar-refractivity contribution in [1.82, 2.24) is 4.90 Å². The second-order valence-electron chi connectivity index (χ2n) is 6.24. The fraction of sp³-hybridized carbons (Fsp3) is 0.190. The zero-order valence-corrected chi connectivity index (χ0v) is 15.4. The van der Waals surface area contributed by atoms with Crippen molar-refractivity contribution in [3.05, 3.63) is 88.8 Å². The lowest BCUT2D eigenvalue weighted by Crippen LogP contribution is -2.32. The highest BCUT2D eigenvalue weighted by Crippen LogP contribution is 2.22. The molecule has 3 rings (SSSR count). The summed E-state index contributed by atoms with van der Waals surface area (Å²) in [6, 6.07) is 19.4. The van der Waals surface area contributed by atoms with Crippen molar-refractivity contribution in [3.63, 3.8) is 0 Å². The topological polar surface area (TPSA) is 45.5 Å². The van der Waals surface area contributed by atoms with Crippen molar-refractivity contribution in [1.29, 1.82) is 0 Å². The van der Waals surface area contributed by atoms with Crippen LogP contribution < -0.4 is 5.32 Å². The Balaban J connectivity index is 1.68. The molecule has 0 unspecified atom stereocenters. The van der Waals surface area contributed by atoms with Gasteiger partial charge in [-0.2, -0.15) is 0 Å². The number of rotatable bonds is 7. The molecule has 0 aliphatic rings. The summed E-state index contributed by atoms with van der Waals surface area (Å²) >= 11 is 6.21. The van der Waals surface area contributed by atoms with Crippen molar-refractivity contribution >= 4 is 23.2 Å². The molecule has 0 atom stereocenters. The molecule has 0 aliphatic carbocycles. The minimum absolute atomic E-state index is 0.113. The molecule has 2 aromatic carbocycles. The molecule has 4 nitrogen and oxygen atoms in total. The van der Waals surface area contributed by atoms with Crippen molar-refractivity contribution in [2.75, 3.05) is 11.9 Å². The SMILES string of the molecule is Cc1ccc(NC(=O)CN(Cc2ccccc2)Cc2ccco2)c(Cl)c1. The summed E-state index contributed by atoms with van der Waals surface area (Å²) in [7, 11) is 0. The fourth-order valence-electron chi connectivity index (χ4n) is 2.75. The zero-order chi connectivity index (χ0) is 18.4. The molecule has 1 N–H and O–H groups in total. The number of carbonyl (C=O) groups excluding carboxylic acids is 1. The number of anilines is 1. The van der Waals surface area contributed by atoms with Crippen LogP contribution in [0.1, 0.15) is 16.9 Å². The van der Waals surface area contributed by atoms with Crippen molar-refractivity contribution in [2.24, 2.45) is 0 Å². The number of benzene rings is 2. The van der Waals surface area contributed by atoms with Crippen LogP contribution in [0.4, 0.5) is 5.69 Å². The van der Waals surface area contributed by atoms with E-state index in [9.17, 15) is 4.79 Å². The third kappa shape index (κ3) is 5.22. The number of nitrogens with one attached hydrogen (secondary N) is 1. The van der Waals surface area contributed by atoms with Gasteiger partial charge < -0.3 is 9.73 Å². The molecule has 0 bridgehead atoms. The average Bonchev–Trinajstić information content (AvgIpc) is 3.11. The second-order valence-corrected chi connectivity index (χ2v) is 6.65. The zero-order valence-electron chi connectivity index (χ0n) is 14.6. The van der Waals surface area contributed by atoms with Gasteiger partial charge in [-0.1, -0.05) is 48.0 Å². The summed E-state index contributed by atoms with van der Waals surface area (Å²) in [4.78, 5) is 14.6. The molecule has 134 valence electrons. The Morgan fingerprint density at radius 1 is 1.08 bits per heavy atom. The van der Waals surface area contributed by atoms with E-state index in [1.54, 1.807) is 6.26 Å². The van der Waals surface area contributed by atoms with Crippen LogP contribution in [-0.4, -0.2) is 17.4 Å². The van der Waals surface area contributed by atoms with Gasteiger partial charge in [-0.3, -0.25) is 9.69 Å². The molecule has 0 saturated carbocycles. The average molecular weight is 369 g/mol. The molecule has 0 fully saturated rings. The van der Waals surface area contributed by atoms with Gasteiger partial charge in [-0.15, -0.1) is 0 Å². The quantitative estimate of drug-likeness (QED) is 0.646. The summed E-state index contributed by atoms with van der Waals surface area (Å²) < 4.78 is 5.44. The lowest BCUT2D eigenvalue weighted by Gasteiger charge is -2.21. The molecule has 26 heavy (non-hydrogen) atoms. The summed E-state index contributed by atoms with van der Waals surface area (Å²) in [6.45, 7) is 3.40. The number of nitrogens with zero attached hydrogens (tertiary/aromatic N) is 1. The molecular weight excluding hydrogens is 348 g/mol. The van der Waals surface area contributed by atoms with Crippen molar-refractivity contribution in [2.45, 2.75) is 20.0 Å².